The predicted molar refractivity (Wildman–Crippen MR) is 99.9 cm³/mol. The largest absolute Gasteiger partial charge is 0.546 e. The number of pyridine rings is 1. The molecule has 0 saturated heterocycles. The summed E-state index contributed by atoms with van der Waals surface area (Å²) in [5.74, 6) is 1.08. The van der Waals surface area contributed by atoms with Crippen LogP contribution >= 0.6 is 11.1 Å². The minimum Gasteiger partial charge on any atom is -0.546 e. The zero-order valence-corrected chi connectivity index (χ0v) is 14.8. The van der Waals surface area contributed by atoms with Crippen LogP contribution in [0.1, 0.15) is 12.0 Å². The van der Waals surface area contributed by atoms with Gasteiger partial charge in [-0.2, -0.15) is 0 Å². The molecule has 2 heterocycles. The maximum atomic E-state index is 13.5. The van der Waals surface area contributed by atoms with Crippen LogP contribution in [0.4, 0.5) is 21.8 Å². The van der Waals surface area contributed by atoms with Crippen molar-refractivity contribution < 1.29 is 8.94 Å². The number of aromatic nitrogens is 3. The lowest BCUT2D eigenvalue weighted by Crippen LogP contribution is -2.26. The highest BCUT2D eigenvalue weighted by molar-refractivity contribution is 7.14. The number of halogens is 1. The maximum absolute atomic E-state index is 13.5. The Morgan fingerprint density at radius 1 is 1.19 bits per heavy atom. The second-order valence-corrected chi connectivity index (χ2v) is 6.49. The Labute approximate surface area is 153 Å². The molecule has 0 fully saturated rings. The molecule has 0 saturated carbocycles. The highest BCUT2D eigenvalue weighted by Gasteiger charge is 2.12. The minimum absolute atomic E-state index is 0.157. The van der Waals surface area contributed by atoms with Crippen LogP contribution < -0.4 is 16.0 Å². The fourth-order valence-electron chi connectivity index (χ4n) is 2.54. The van der Waals surface area contributed by atoms with Crippen molar-refractivity contribution in [3.8, 4) is 0 Å². The van der Waals surface area contributed by atoms with Gasteiger partial charge in [-0.3, -0.25) is 0 Å². The summed E-state index contributed by atoms with van der Waals surface area (Å²) < 4.78 is 32.1. The number of nitrogens with two attached hydrogens (primary N) is 1. The number of nitrogens with zero attached hydrogens (tertiary/aromatic N) is 4. The van der Waals surface area contributed by atoms with Gasteiger partial charge in [-0.1, -0.05) is 18.2 Å². The van der Waals surface area contributed by atoms with Gasteiger partial charge in [0.15, 0.2) is 11.1 Å². The molecule has 0 aliphatic carbocycles. The number of nitrogen functional groups attached to an aromatic ring is 1. The summed E-state index contributed by atoms with van der Waals surface area (Å²) in [5, 5.41) is 3.04. The first-order valence-corrected chi connectivity index (χ1v) is 9.18. The summed E-state index contributed by atoms with van der Waals surface area (Å²) in [7, 11) is 0. The van der Waals surface area contributed by atoms with E-state index in [1.54, 1.807) is 12.3 Å². The van der Waals surface area contributed by atoms with Crippen LogP contribution in [0.3, 0.4) is 0 Å². The molecule has 0 bridgehead atoms. The van der Waals surface area contributed by atoms with Gasteiger partial charge in [0.25, 0.3) is 0 Å². The average Bonchev–Trinajstić information content (AvgIpc) is 2.96. The molecule has 3 rings (SSSR count). The first-order valence-electron chi connectivity index (χ1n) is 8.11. The molecule has 9 heteroatoms. The molecule has 3 aromatic rings. The molecule has 2 aromatic heterocycles. The molecule has 1 aromatic carbocycles. The van der Waals surface area contributed by atoms with Crippen LogP contribution in [0, 0.1) is 5.82 Å². The Bertz CT molecular complexity index is 844. The van der Waals surface area contributed by atoms with Crippen molar-refractivity contribution in [2.24, 2.45) is 0 Å². The van der Waals surface area contributed by atoms with E-state index in [1.165, 1.54) is 12.1 Å². The smallest absolute Gasteiger partial charge is 0.232 e. The fraction of sp³-hybridized carbons (Fsp3) is 0.235. The van der Waals surface area contributed by atoms with Gasteiger partial charge in [-0.25, -0.2) is 9.37 Å². The van der Waals surface area contributed by atoms with Crippen LogP contribution in [0.15, 0.2) is 48.7 Å². The lowest BCUT2D eigenvalue weighted by molar-refractivity contribution is 0.585. The molecule has 0 spiro atoms. The second kappa shape index (κ2) is 8.54. The third kappa shape index (κ3) is 4.87. The lowest BCUT2D eigenvalue weighted by Gasteiger charge is -2.24. The molecule has 0 amide bonds. The number of rotatable bonds is 8. The Balaban J connectivity index is 1.61. The Morgan fingerprint density at radius 3 is 2.77 bits per heavy atom. The van der Waals surface area contributed by atoms with Crippen molar-refractivity contribution in [1.82, 2.24) is 13.7 Å². The van der Waals surface area contributed by atoms with Gasteiger partial charge >= 0.3 is 0 Å². The van der Waals surface area contributed by atoms with E-state index in [9.17, 15) is 8.94 Å². The molecule has 0 aliphatic rings. The van der Waals surface area contributed by atoms with E-state index in [-0.39, 0.29) is 11.6 Å². The van der Waals surface area contributed by atoms with Gasteiger partial charge in [-0.05, 0) is 36.2 Å². The van der Waals surface area contributed by atoms with Gasteiger partial charge in [-0.15, -0.1) is 0 Å². The molecule has 136 valence electrons. The topological polar surface area (TPSA) is 103 Å². The monoisotopic (exact) mass is 374 g/mol. The predicted octanol–water partition coefficient (Wildman–Crippen LogP) is 2.83. The third-order valence-electron chi connectivity index (χ3n) is 3.72. The first-order chi connectivity index (χ1) is 12.6. The van der Waals surface area contributed by atoms with Crippen molar-refractivity contribution in [2.75, 3.05) is 29.0 Å². The highest BCUT2D eigenvalue weighted by atomic mass is 32.2. The van der Waals surface area contributed by atoms with Crippen molar-refractivity contribution in [3.63, 3.8) is 0 Å². The van der Waals surface area contributed by atoms with Gasteiger partial charge in [0.1, 0.15) is 11.6 Å². The van der Waals surface area contributed by atoms with Crippen LogP contribution in [-0.2, 0) is 6.54 Å². The number of anilines is 3. The first kappa shape index (κ1) is 18.0. The molecular weight excluding hydrogens is 355 g/mol. The molecule has 26 heavy (non-hydrogen) atoms. The summed E-state index contributed by atoms with van der Waals surface area (Å²) in [4.78, 5) is 6.46. The van der Waals surface area contributed by atoms with Crippen molar-refractivity contribution in [3.05, 3.63) is 60.0 Å². The molecule has 7 nitrogen and oxygen atoms in total. The molecule has 3 N–H and O–H groups in total. The summed E-state index contributed by atoms with van der Waals surface area (Å²) in [6.45, 7) is 1.82. The Morgan fingerprint density at radius 2 is 2.08 bits per heavy atom. The number of nitrogens with one attached hydrogen (secondary N) is 1. The van der Waals surface area contributed by atoms with Crippen molar-refractivity contribution in [2.45, 2.75) is 13.0 Å². The molecule has 1 atom stereocenters. The second-order valence-electron chi connectivity index (χ2n) is 5.67. The molecule has 0 radical (unpaired) electrons. The normalized spacial score (nSPS) is 11.4. The molecule has 0 aliphatic heterocycles. The summed E-state index contributed by atoms with van der Waals surface area (Å²) in [6.07, 6.45) is 2.48. The summed E-state index contributed by atoms with van der Waals surface area (Å²) >= 11 is -1.62. The Hall–Kier alpha value is -2.78. The Kier molecular flexibility index (Phi) is 5.92. The van der Waals surface area contributed by atoms with E-state index in [4.69, 9.17) is 5.73 Å². The van der Waals surface area contributed by atoms with E-state index < -0.39 is 11.1 Å². The van der Waals surface area contributed by atoms with Gasteiger partial charge in [0.05, 0.1) is 0 Å². The van der Waals surface area contributed by atoms with Crippen molar-refractivity contribution >= 4 is 28.6 Å². The van der Waals surface area contributed by atoms with E-state index in [0.29, 0.717) is 25.5 Å². The standard InChI is InChI=1S/C17H19FN6OS/c18-14-6-3-5-13(11-14)12-24(15-7-1-2-8-20-15)10-4-9-21-17-16(19)22-26(25)23-17/h1-3,5-8,11H,4,9-10,12H2,(H2,19,22)(H,21,23). The van der Waals surface area contributed by atoms with Crippen LogP contribution in [0.2, 0.25) is 0 Å². The number of hydrogen-bond donors (Lipinski definition) is 2. The summed E-state index contributed by atoms with van der Waals surface area (Å²) in [5.41, 5.74) is 6.50. The average molecular weight is 374 g/mol. The van der Waals surface area contributed by atoms with Crippen molar-refractivity contribution in [1.29, 1.82) is 0 Å². The lowest BCUT2D eigenvalue weighted by atomic mass is 10.2. The van der Waals surface area contributed by atoms with E-state index >= 15 is 0 Å². The number of benzene rings is 1. The van der Waals surface area contributed by atoms with Crippen LogP contribution in [0.25, 0.3) is 0 Å². The van der Waals surface area contributed by atoms with Gasteiger partial charge in [0, 0.05) is 34.6 Å². The molecule has 1 unspecified atom stereocenters. The summed E-state index contributed by atoms with van der Waals surface area (Å²) in [6, 6.07) is 12.2. The van der Waals surface area contributed by atoms with Crippen LogP contribution in [-0.4, -0.2) is 31.4 Å². The zero-order valence-electron chi connectivity index (χ0n) is 14.0. The van der Waals surface area contributed by atoms with Gasteiger partial charge in [0.2, 0.25) is 11.6 Å². The van der Waals surface area contributed by atoms with E-state index in [0.717, 1.165) is 17.8 Å². The molecular formula is C17H19FN6OS. The minimum atomic E-state index is -1.62. The number of hydrogen-bond acceptors (Lipinski definition) is 7. The van der Waals surface area contributed by atoms with Gasteiger partial charge < -0.3 is 20.5 Å². The maximum Gasteiger partial charge on any atom is 0.232 e. The van der Waals surface area contributed by atoms with Crippen LogP contribution in [0.5, 0.6) is 0 Å². The SMILES string of the molecule is Nc1n[s+]([O-])nc1NCCCN(Cc1cccc(F)c1)c1ccccn1. The fourth-order valence-corrected chi connectivity index (χ4v) is 3.15. The third-order valence-corrected chi connectivity index (χ3v) is 4.41. The zero-order chi connectivity index (χ0) is 18.4. The quantitative estimate of drug-likeness (QED) is 0.461. The van der Waals surface area contributed by atoms with E-state index in [1.807, 2.05) is 24.3 Å². The highest BCUT2D eigenvalue weighted by Crippen LogP contribution is 2.19. The van der Waals surface area contributed by atoms with E-state index in [2.05, 4.69) is 23.9 Å².